The van der Waals surface area contributed by atoms with Gasteiger partial charge < -0.3 is 17.0 Å². The fraction of sp³-hybridized carbons (Fsp3) is 0.875. The molecule has 0 aromatic rings. The summed E-state index contributed by atoms with van der Waals surface area (Å²) in [4.78, 5) is 5.86. The molecule has 3 aliphatic rings. The number of hydrogen-bond acceptors (Lipinski definition) is 4. The zero-order valence-electron chi connectivity index (χ0n) is 8.40. The van der Waals surface area contributed by atoms with Crippen molar-refractivity contribution < 1.29 is 30.3 Å². The topological polar surface area (TPSA) is 50.9 Å². The first-order chi connectivity index (χ1) is 7.09. The van der Waals surface area contributed by atoms with Gasteiger partial charge in [-0.15, -0.1) is 0 Å². The zero-order valence-corrected chi connectivity index (χ0v) is 13.2. The third kappa shape index (κ3) is 2.11. The van der Waals surface area contributed by atoms with Crippen LogP contribution in [0.3, 0.4) is 0 Å². The molecule has 92 valence electrons. The molecule has 2 unspecified atom stereocenters. The van der Waals surface area contributed by atoms with E-state index in [1.165, 1.54) is 4.90 Å². The maximum atomic E-state index is 11.5. The SMILES string of the molecule is O=S1(=O)C[C@@H]2N=C3SC(CBr)C[NH+]3[C@@H]2C1.[Br-]. The number of nitrogens with zero attached hydrogens (tertiary/aromatic N) is 1. The average molecular weight is 392 g/mol. The first kappa shape index (κ1) is 13.3. The number of aliphatic imine (C=N–C) groups is 1. The molecule has 0 amide bonds. The Morgan fingerprint density at radius 1 is 1.50 bits per heavy atom. The summed E-state index contributed by atoms with van der Waals surface area (Å²) in [5.41, 5.74) is 0. The van der Waals surface area contributed by atoms with E-state index in [2.05, 4.69) is 20.9 Å². The number of sulfone groups is 1. The Labute approximate surface area is 118 Å². The first-order valence-corrected chi connectivity index (χ1v) is 8.78. The van der Waals surface area contributed by atoms with Crippen LogP contribution in [0.4, 0.5) is 0 Å². The second kappa shape index (κ2) is 4.53. The third-order valence-corrected chi connectivity index (χ3v) is 7.41. The minimum atomic E-state index is -2.82. The Balaban J connectivity index is 0.000000963. The molecule has 0 radical (unpaired) electrons. The van der Waals surface area contributed by atoms with Crippen LogP contribution in [0.5, 0.6) is 0 Å². The molecule has 3 rings (SSSR count). The molecule has 1 N–H and O–H groups in total. The lowest BCUT2D eigenvalue weighted by Gasteiger charge is -2.14. The standard InChI is InChI=1S/C8H11BrN2O2S2.BrH/c9-1-5-2-11-7-4-15(12,13)3-6(7)10-8(11)14-5;/h5-7H,1-4H2;1H/t5?,6-,7+;/m0./s1. The molecule has 0 aliphatic carbocycles. The summed E-state index contributed by atoms with van der Waals surface area (Å²) in [6.45, 7) is 1.02. The van der Waals surface area contributed by atoms with Gasteiger partial charge in [-0.05, 0) is 11.8 Å². The highest BCUT2D eigenvalue weighted by molar-refractivity contribution is 9.09. The van der Waals surface area contributed by atoms with Gasteiger partial charge in [-0.3, -0.25) is 4.90 Å². The molecule has 3 heterocycles. The number of nitrogens with one attached hydrogen (secondary N) is 1. The molecule has 4 nitrogen and oxygen atoms in total. The van der Waals surface area contributed by atoms with Gasteiger partial charge in [0.25, 0.3) is 5.17 Å². The smallest absolute Gasteiger partial charge is 0.258 e. The number of hydrogen-bond donors (Lipinski definition) is 1. The van der Waals surface area contributed by atoms with Crippen molar-refractivity contribution in [2.75, 3.05) is 23.4 Å². The number of amidine groups is 1. The molecule has 2 saturated heterocycles. The van der Waals surface area contributed by atoms with E-state index in [0.717, 1.165) is 17.0 Å². The van der Waals surface area contributed by atoms with E-state index in [4.69, 9.17) is 0 Å². The van der Waals surface area contributed by atoms with Crippen molar-refractivity contribution in [1.29, 1.82) is 0 Å². The van der Waals surface area contributed by atoms with Gasteiger partial charge in [-0.2, -0.15) is 0 Å². The molecule has 16 heavy (non-hydrogen) atoms. The third-order valence-electron chi connectivity index (χ3n) is 3.23. The molecule has 3 aliphatic heterocycles. The molecule has 0 bridgehead atoms. The van der Waals surface area contributed by atoms with Crippen molar-refractivity contribution in [3.8, 4) is 0 Å². The van der Waals surface area contributed by atoms with Crippen LogP contribution in [0.25, 0.3) is 0 Å². The molecular weight excluding hydrogens is 380 g/mol. The molecule has 0 aromatic heterocycles. The Morgan fingerprint density at radius 3 is 2.94 bits per heavy atom. The van der Waals surface area contributed by atoms with Crippen LogP contribution in [-0.4, -0.2) is 54.3 Å². The van der Waals surface area contributed by atoms with E-state index >= 15 is 0 Å². The van der Waals surface area contributed by atoms with Crippen molar-refractivity contribution in [1.82, 2.24) is 0 Å². The number of alkyl halides is 1. The summed E-state index contributed by atoms with van der Waals surface area (Å²) in [5, 5.41) is 2.66. The second-order valence-electron chi connectivity index (χ2n) is 4.31. The van der Waals surface area contributed by atoms with E-state index in [0.29, 0.717) is 11.0 Å². The average Bonchev–Trinajstić information content (AvgIpc) is 2.72. The Kier molecular flexibility index (Phi) is 3.77. The van der Waals surface area contributed by atoms with Crippen LogP contribution in [-0.2, 0) is 9.84 Å². The van der Waals surface area contributed by atoms with E-state index in [-0.39, 0.29) is 34.8 Å². The van der Waals surface area contributed by atoms with E-state index in [1.807, 2.05) is 11.8 Å². The quantitative estimate of drug-likeness (QED) is 0.462. The maximum Gasteiger partial charge on any atom is 0.258 e. The molecule has 8 heteroatoms. The van der Waals surface area contributed by atoms with Gasteiger partial charge in [0.05, 0.1) is 17.5 Å². The predicted octanol–water partition coefficient (Wildman–Crippen LogP) is -4.08. The molecular formula is C8H12Br2N2O2S2. The lowest BCUT2D eigenvalue weighted by molar-refractivity contribution is -0.817. The highest BCUT2D eigenvalue weighted by Gasteiger charge is 2.54. The van der Waals surface area contributed by atoms with Gasteiger partial charge in [-0.1, -0.05) is 15.9 Å². The van der Waals surface area contributed by atoms with Crippen LogP contribution in [0.1, 0.15) is 0 Å². The highest BCUT2D eigenvalue weighted by Crippen LogP contribution is 2.26. The van der Waals surface area contributed by atoms with Crippen molar-refractivity contribution in [2.24, 2.45) is 4.99 Å². The summed E-state index contributed by atoms with van der Waals surface area (Å²) >= 11 is 5.28. The first-order valence-electron chi connectivity index (χ1n) is 4.96. The van der Waals surface area contributed by atoms with E-state index in [9.17, 15) is 8.42 Å². The van der Waals surface area contributed by atoms with E-state index < -0.39 is 9.84 Å². The van der Waals surface area contributed by atoms with Crippen LogP contribution in [0, 0.1) is 0 Å². The van der Waals surface area contributed by atoms with Gasteiger partial charge >= 0.3 is 0 Å². The largest absolute Gasteiger partial charge is 1.00 e. The second-order valence-corrected chi connectivity index (χ2v) is 8.40. The highest BCUT2D eigenvalue weighted by atomic mass is 79.9. The number of thioether (sulfide) groups is 1. The summed E-state index contributed by atoms with van der Waals surface area (Å²) in [5.74, 6) is 0.597. The van der Waals surface area contributed by atoms with Gasteiger partial charge in [0.15, 0.2) is 9.84 Å². The minimum Gasteiger partial charge on any atom is -1.00 e. The fourth-order valence-corrected chi connectivity index (χ4v) is 6.34. The maximum absolute atomic E-state index is 11.5. The molecule has 0 aromatic carbocycles. The Hall–Kier alpha value is 0.890. The van der Waals surface area contributed by atoms with Gasteiger partial charge in [0.1, 0.15) is 17.8 Å². The van der Waals surface area contributed by atoms with Crippen LogP contribution in [0.15, 0.2) is 4.99 Å². The lowest BCUT2D eigenvalue weighted by Crippen LogP contribution is -3.16. The number of fused-ring (bicyclic) bond motifs is 3. The van der Waals surface area contributed by atoms with E-state index in [1.54, 1.807) is 0 Å². The summed E-state index contributed by atoms with van der Waals surface area (Å²) in [6, 6.07) is 0.255. The molecule has 4 atom stereocenters. The molecule has 2 fully saturated rings. The predicted molar refractivity (Wildman–Crippen MR) is 64.7 cm³/mol. The zero-order chi connectivity index (χ0) is 10.6. The van der Waals surface area contributed by atoms with Crippen molar-refractivity contribution in [2.45, 2.75) is 17.3 Å². The normalized spacial score (nSPS) is 43.4. The van der Waals surface area contributed by atoms with Crippen molar-refractivity contribution in [3.05, 3.63) is 0 Å². The van der Waals surface area contributed by atoms with Crippen LogP contribution >= 0.6 is 27.7 Å². The lowest BCUT2D eigenvalue weighted by atomic mass is 10.2. The Morgan fingerprint density at radius 2 is 2.25 bits per heavy atom. The minimum absolute atomic E-state index is 0. The molecule has 0 saturated carbocycles. The Bertz CT molecular complexity index is 426. The summed E-state index contributed by atoms with van der Waals surface area (Å²) < 4.78 is 23.0. The number of rotatable bonds is 1. The summed E-state index contributed by atoms with van der Waals surface area (Å²) in [7, 11) is -2.82. The number of quaternary nitrogens is 1. The monoisotopic (exact) mass is 390 g/mol. The number of halogens is 2. The van der Waals surface area contributed by atoms with Gasteiger partial charge in [0.2, 0.25) is 0 Å². The van der Waals surface area contributed by atoms with Crippen molar-refractivity contribution in [3.63, 3.8) is 0 Å². The van der Waals surface area contributed by atoms with Gasteiger partial charge in [0, 0.05) is 5.33 Å². The van der Waals surface area contributed by atoms with Crippen LogP contribution in [0.2, 0.25) is 0 Å². The van der Waals surface area contributed by atoms with Crippen molar-refractivity contribution >= 4 is 42.7 Å². The van der Waals surface area contributed by atoms with Crippen LogP contribution < -0.4 is 21.9 Å². The fourth-order valence-electron chi connectivity index (χ4n) is 2.56. The van der Waals surface area contributed by atoms with Gasteiger partial charge in [-0.25, -0.2) is 13.4 Å². The summed E-state index contributed by atoms with van der Waals surface area (Å²) in [6.07, 6.45) is 0. The molecule has 0 spiro atoms.